The van der Waals surface area contributed by atoms with Gasteiger partial charge in [0.2, 0.25) is 0 Å². The molecule has 1 N–H and O–H groups in total. The zero-order valence-corrected chi connectivity index (χ0v) is 19.7. The molecule has 2 aromatic heterocycles. The number of benzene rings is 1. The van der Waals surface area contributed by atoms with Crippen molar-refractivity contribution in [3.05, 3.63) is 67.2 Å². The molecule has 1 saturated heterocycles. The first kappa shape index (κ1) is 21.7. The van der Waals surface area contributed by atoms with Crippen LogP contribution in [0, 0.1) is 0 Å². The molecule has 0 saturated carbocycles. The summed E-state index contributed by atoms with van der Waals surface area (Å²) in [5, 5.41) is 0.841. The second kappa shape index (κ2) is 9.75. The van der Waals surface area contributed by atoms with Gasteiger partial charge in [0.25, 0.3) is 5.56 Å². The van der Waals surface area contributed by atoms with Gasteiger partial charge in [-0.1, -0.05) is 36.8 Å². The highest BCUT2D eigenvalue weighted by Crippen LogP contribution is 2.33. The number of likely N-dealkylation sites (tertiary alicyclic amines) is 1. The quantitative estimate of drug-likeness (QED) is 0.585. The monoisotopic (exact) mass is 452 g/mol. The van der Waals surface area contributed by atoms with Gasteiger partial charge in [0.15, 0.2) is 0 Å². The van der Waals surface area contributed by atoms with E-state index in [-0.39, 0.29) is 11.2 Å². The lowest BCUT2D eigenvalue weighted by Crippen LogP contribution is -3.13. The number of aryl methyl sites for hydroxylation is 3. The molecule has 170 valence electrons. The van der Waals surface area contributed by atoms with Crippen LogP contribution in [0.2, 0.25) is 0 Å². The second-order valence-electron chi connectivity index (χ2n) is 9.43. The summed E-state index contributed by atoms with van der Waals surface area (Å²) in [7, 11) is 0. The van der Waals surface area contributed by atoms with E-state index in [4.69, 9.17) is 0 Å². The van der Waals surface area contributed by atoms with Gasteiger partial charge in [-0.25, -0.2) is 4.79 Å². The van der Waals surface area contributed by atoms with Crippen molar-refractivity contribution in [3.8, 4) is 0 Å². The molecule has 0 radical (unpaired) electrons. The first-order chi connectivity index (χ1) is 15.7. The summed E-state index contributed by atoms with van der Waals surface area (Å²) in [5.41, 5.74) is 2.21. The van der Waals surface area contributed by atoms with Gasteiger partial charge in [-0.15, -0.1) is 11.3 Å². The molecule has 3 aromatic rings. The zero-order valence-electron chi connectivity index (χ0n) is 18.9. The number of thiophene rings is 1. The fourth-order valence-corrected chi connectivity index (χ4v) is 6.84. The van der Waals surface area contributed by atoms with Crippen molar-refractivity contribution < 1.29 is 4.90 Å². The van der Waals surface area contributed by atoms with Crippen LogP contribution in [-0.4, -0.2) is 28.8 Å². The number of quaternary nitrogens is 1. The minimum absolute atomic E-state index is 0.0677. The molecule has 2 aliphatic rings. The largest absolute Gasteiger partial charge is 0.333 e. The Morgan fingerprint density at radius 2 is 1.59 bits per heavy atom. The molecule has 32 heavy (non-hydrogen) atoms. The molecule has 3 heterocycles. The van der Waals surface area contributed by atoms with Gasteiger partial charge in [-0.3, -0.25) is 13.9 Å². The van der Waals surface area contributed by atoms with E-state index in [0.717, 1.165) is 41.6 Å². The number of aromatic nitrogens is 2. The van der Waals surface area contributed by atoms with E-state index in [1.54, 1.807) is 16.2 Å². The fourth-order valence-electron chi connectivity index (χ4n) is 5.44. The number of rotatable bonds is 6. The molecular formula is C26H34N3O2S+. The molecule has 1 aliphatic carbocycles. The van der Waals surface area contributed by atoms with Gasteiger partial charge in [0, 0.05) is 11.4 Å². The predicted molar refractivity (Wildman–Crippen MR) is 131 cm³/mol. The highest BCUT2D eigenvalue weighted by atomic mass is 32.1. The van der Waals surface area contributed by atoms with Crippen LogP contribution in [0.3, 0.4) is 0 Å². The predicted octanol–water partition coefficient (Wildman–Crippen LogP) is 2.81. The lowest BCUT2D eigenvalue weighted by molar-refractivity contribution is -0.905. The summed E-state index contributed by atoms with van der Waals surface area (Å²) in [6.45, 7) is 4.52. The molecule has 5 rings (SSSR count). The van der Waals surface area contributed by atoms with Crippen LogP contribution < -0.4 is 16.1 Å². The van der Waals surface area contributed by atoms with Crippen LogP contribution in [0.4, 0.5) is 0 Å². The van der Waals surface area contributed by atoms with Crippen molar-refractivity contribution in [1.82, 2.24) is 9.13 Å². The third-order valence-electron chi connectivity index (χ3n) is 7.29. The first-order valence-electron chi connectivity index (χ1n) is 12.4. The Balaban J connectivity index is 1.56. The van der Waals surface area contributed by atoms with Crippen LogP contribution in [0.5, 0.6) is 0 Å². The van der Waals surface area contributed by atoms with Crippen LogP contribution in [-0.2, 0) is 32.4 Å². The van der Waals surface area contributed by atoms with E-state index in [1.807, 2.05) is 22.8 Å². The maximum Gasteiger partial charge on any atom is 0.332 e. The average molecular weight is 453 g/mol. The highest BCUT2D eigenvalue weighted by molar-refractivity contribution is 7.18. The fraction of sp³-hybridized carbons (Fsp3) is 0.538. The molecule has 0 atom stereocenters. The Bertz CT molecular complexity index is 1190. The number of hydrogen-bond acceptors (Lipinski definition) is 3. The minimum atomic E-state index is -0.119. The maximum atomic E-state index is 13.6. The highest BCUT2D eigenvalue weighted by Gasteiger charge is 2.24. The molecule has 0 unspecified atom stereocenters. The number of hydrogen-bond donors (Lipinski definition) is 1. The Labute approximate surface area is 193 Å². The Morgan fingerprint density at radius 3 is 2.41 bits per heavy atom. The van der Waals surface area contributed by atoms with Gasteiger partial charge >= 0.3 is 5.69 Å². The molecule has 0 spiro atoms. The maximum absolute atomic E-state index is 13.6. The lowest BCUT2D eigenvalue weighted by atomic mass is 10.1. The molecule has 1 aliphatic heterocycles. The molecule has 0 bridgehead atoms. The van der Waals surface area contributed by atoms with Crippen LogP contribution in [0.15, 0.2) is 39.9 Å². The number of nitrogens with one attached hydrogen (secondary N) is 1. The van der Waals surface area contributed by atoms with Gasteiger partial charge in [0.05, 0.1) is 31.6 Å². The number of nitrogens with zero attached hydrogens (tertiary/aromatic N) is 2. The summed E-state index contributed by atoms with van der Waals surface area (Å²) in [6, 6.07) is 10.2. The molecule has 6 heteroatoms. The van der Waals surface area contributed by atoms with Crippen molar-refractivity contribution in [2.45, 2.75) is 70.9 Å². The third-order valence-corrected chi connectivity index (χ3v) is 8.60. The molecular weight excluding hydrogens is 418 g/mol. The van der Waals surface area contributed by atoms with E-state index in [2.05, 4.69) is 12.1 Å². The van der Waals surface area contributed by atoms with Crippen molar-refractivity contribution >= 4 is 21.6 Å². The van der Waals surface area contributed by atoms with Crippen LogP contribution in [0.25, 0.3) is 10.2 Å². The number of fused-ring (bicyclic) bond motifs is 3. The van der Waals surface area contributed by atoms with E-state index < -0.39 is 0 Å². The summed E-state index contributed by atoms with van der Waals surface area (Å²) in [6.07, 6.45) is 10.2. The second-order valence-corrected chi connectivity index (χ2v) is 10.5. The van der Waals surface area contributed by atoms with E-state index in [0.29, 0.717) is 19.5 Å². The molecule has 1 fully saturated rings. The van der Waals surface area contributed by atoms with Crippen LogP contribution >= 0.6 is 11.3 Å². The summed E-state index contributed by atoms with van der Waals surface area (Å²) in [4.78, 5) is 31.1. The Kier molecular flexibility index (Phi) is 6.60. The van der Waals surface area contributed by atoms with Gasteiger partial charge in [-0.05, 0) is 62.5 Å². The molecule has 1 aromatic carbocycles. The van der Waals surface area contributed by atoms with Gasteiger partial charge in [0.1, 0.15) is 4.83 Å². The third kappa shape index (κ3) is 4.35. The topological polar surface area (TPSA) is 48.4 Å². The van der Waals surface area contributed by atoms with E-state index in [1.165, 1.54) is 60.2 Å². The number of piperidine rings is 1. The van der Waals surface area contributed by atoms with Gasteiger partial charge in [-0.2, -0.15) is 0 Å². The zero-order chi connectivity index (χ0) is 21.9. The smallest absolute Gasteiger partial charge is 0.332 e. The Morgan fingerprint density at radius 1 is 0.844 bits per heavy atom. The standard InChI is InChI=1S/C26H33N3O2S/c30-24-23-21-12-6-2-7-13-22(21)32-25(23)29(19-18-27-15-8-3-9-16-27)26(31)28(24)17-14-20-10-4-1-5-11-20/h1,4-5,10-11H,2-3,6-9,12-19H2/p+1. The average Bonchev–Trinajstić information content (AvgIpc) is 3.02. The summed E-state index contributed by atoms with van der Waals surface area (Å²) < 4.78 is 3.47. The lowest BCUT2D eigenvalue weighted by Gasteiger charge is -2.24. The van der Waals surface area contributed by atoms with Crippen molar-refractivity contribution in [1.29, 1.82) is 0 Å². The summed E-state index contributed by atoms with van der Waals surface area (Å²) >= 11 is 1.72. The molecule has 5 nitrogen and oxygen atoms in total. The first-order valence-corrected chi connectivity index (χ1v) is 13.2. The van der Waals surface area contributed by atoms with Crippen molar-refractivity contribution in [2.75, 3.05) is 19.6 Å². The van der Waals surface area contributed by atoms with Gasteiger partial charge < -0.3 is 4.90 Å². The van der Waals surface area contributed by atoms with Crippen LogP contribution in [0.1, 0.15) is 54.5 Å². The summed E-state index contributed by atoms with van der Waals surface area (Å²) in [5.74, 6) is 0. The van der Waals surface area contributed by atoms with E-state index in [9.17, 15) is 9.59 Å². The SMILES string of the molecule is O=c1c2c3c(sc2n(CC[NH+]2CCCCC2)c(=O)n1CCc1ccccc1)CCCCC3. The van der Waals surface area contributed by atoms with Crippen molar-refractivity contribution in [2.24, 2.45) is 0 Å². The van der Waals surface area contributed by atoms with E-state index >= 15 is 0 Å². The van der Waals surface area contributed by atoms with Crippen molar-refractivity contribution in [3.63, 3.8) is 0 Å². The molecule has 0 amide bonds. The Hall–Kier alpha value is -2.18. The normalized spacial score (nSPS) is 17.4. The minimum Gasteiger partial charge on any atom is -0.333 e.